The van der Waals surface area contributed by atoms with Crippen molar-refractivity contribution in [1.82, 2.24) is 5.32 Å². The average molecular weight is 272 g/mol. The van der Waals surface area contributed by atoms with Gasteiger partial charge in [-0.2, -0.15) is 5.26 Å². The second kappa shape index (κ2) is 3.65. The first-order chi connectivity index (χ1) is 9.47. The molecule has 4 saturated carbocycles. The standard InChI is InChI=1S/C16H20N2O2/c1-9-13(8-17)14(19)18-16(9,20)15-5-10-2-11(6-15)4-12(3-10)7-15/h10-12,20H,2-7H2,1H3,(H,18,19). The van der Waals surface area contributed by atoms with Crippen molar-refractivity contribution in [3.63, 3.8) is 0 Å². The van der Waals surface area contributed by atoms with Crippen molar-refractivity contribution in [2.45, 2.75) is 51.2 Å². The van der Waals surface area contributed by atoms with Crippen LogP contribution in [-0.2, 0) is 4.79 Å². The molecule has 4 fully saturated rings. The van der Waals surface area contributed by atoms with Gasteiger partial charge in [-0.25, -0.2) is 0 Å². The monoisotopic (exact) mass is 272 g/mol. The van der Waals surface area contributed by atoms with E-state index in [1.54, 1.807) is 6.92 Å². The molecule has 0 radical (unpaired) electrons. The van der Waals surface area contributed by atoms with Gasteiger partial charge in [0.1, 0.15) is 11.6 Å². The van der Waals surface area contributed by atoms with E-state index in [0.29, 0.717) is 23.3 Å². The Kier molecular flexibility index (Phi) is 2.26. The molecule has 1 heterocycles. The molecule has 0 saturated heterocycles. The Morgan fingerprint density at radius 1 is 1.20 bits per heavy atom. The molecule has 2 N–H and O–H groups in total. The van der Waals surface area contributed by atoms with Crippen LogP contribution in [0, 0.1) is 34.5 Å². The molecular formula is C16H20N2O2. The summed E-state index contributed by atoms with van der Waals surface area (Å²) in [6.07, 6.45) is 6.84. The van der Waals surface area contributed by atoms with Crippen LogP contribution in [0.15, 0.2) is 11.1 Å². The minimum atomic E-state index is -1.29. The van der Waals surface area contributed by atoms with Crippen molar-refractivity contribution in [1.29, 1.82) is 5.26 Å². The molecule has 1 aliphatic heterocycles. The van der Waals surface area contributed by atoms with Gasteiger partial charge in [-0.15, -0.1) is 0 Å². The van der Waals surface area contributed by atoms with Crippen LogP contribution >= 0.6 is 0 Å². The number of carbonyl (C=O) groups excluding carboxylic acids is 1. The number of nitrogens with zero attached hydrogens (tertiary/aromatic N) is 1. The summed E-state index contributed by atoms with van der Waals surface area (Å²) < 4.78 is 0. The van der Waals surface area contributed by atoms with Crippen LogP contribution in [0.4, 0.5) is 0 Å². The lowest BCUT2D eigenvalue weighted by Crippen LogP contribution is -2.64. The minimum Gasteiger partial charge on any atom is -0.367 e. The van der Waals surface area contributed by atoms with Gasteiger partial charge in [0.15, 0.2) is 5.72 Å². The Morgan fingerprint density at radius 3 is 2.10 bits per heavy atom. The number of rotatable bonds is 1. The van der Waals surface area contributed by atoms with Gasteiger partial charge in [-0.05, 0) is 63.2 Å². The number of hydrogen-bond acceptors (Lipinski definition) is 3. The number of nitrogens with one attached hydrogen (secondary N) is 1. The van der Waals surface area contributed by atoms with E-state index in [1.165, 1.54) is 19.3 Å². The Morgan fingerprint density at radius 2 is 1.70 bits per heavy atom. The molecule has 0 spiro atoms. The van der Waals surface area contributed by atoms with Crippen LogP contribution in [0.3, 0.4) is 0 Å². The minimum absolute atomic E-state index is 0.114. The summed E-state index contributed by atoms with van der Waals surface area (Å²) >= 11 is 0. The van der Waals surface area contributed by atoms with Gasteiger partial charge in [-0.1, -0.05) is 0 Å². The molecule has 5 rings (SSSR count). The second-order valence-electron chi connectivity index (χ2n) is 7.47. The summed E-state index contributed by atoms with van der Waals surface area (Å²) in [6, 6.07) is 1.96. The third kappa shape index (κ3) is 1.32. The highest BCUT2D eigenvalue weighted by atomic mass is 16.3. The quantitative estimate of drug-likeness (QED) is 0.765. The van der Waals surface area contributed by atoms with Gasteiger partial charge in [0, 0.05) is 11.0 Å². The molecule has 20 heavy (non-hydrogen) atoms. The van der Waals surface area contributed by atoms with E-state index < -0.39 is 11.6 Å². The maximum absolute atomic E-state index is 12.0. The van der Waals surface area contributed by atoms with Crippen molar-refractivity contribution in [2.24, 2.45) is 23.2 Å². The maximum atomic E-state index is 12.0. The van der Waals surface area contributed by atoms with E-state index in [4.69, 9.17) is 5.26 Å². The van der Waals surface area contributed by atoms with Crippen LogP contribution in [0.5, 0.6) is 0 Å². The van der Waals surface area contributed by atoms with Crippen molar-refractivity contribution in [2.75, 3.05) is 0 Å². The molecule has 1 amide bonds. The summed E-state index contributed by atoms with van der Waals surface area (Å²) in [5, 5.41) is 23.2. The fourth-order valence-electron chi connectivity index (χ4n) is 5.89. The lowest BCUT2D eigenvalue weighted by molar-refractivity contribution is -0.174. The highest BCUT2D eigenvalue weighted by Crippen LogP contribution is 2.64. The summed E-state index contributed by atoms with van der Waals surface area (Å²) in [4.78, 5) is 12.0. The lowest BCUT2D eigenvalue weighted by atomic mass is 9.46. The van der Waals surface area contributed by atoms with Crippen LogP contribution < -0.4 is 5.32 Å². The molecule has 5 aliphatic rings. The van der Waals surface area contributed by atoms with Gasteiger partial charge < -0.3 is 10.4 Å². The molecular weight excluding hydrogens is 252 g/mol. The third-order valence-electron chi connectivity index (χ3n) is 6.36. The second-order valence-corrected chi connectivity index (χ2v) is 7.47. The van der Waals surface area contributed by atoms with E-state index in [1.807, 2.05) is 6.07 Å². The predicted octanol–water partition coefficient (Wildman–Crippen LogP) is 1.86. The first kappa shape index (κ1) is 12.4. The molecule has 106 valence electrons. The molecule has 4 nitrogen and oxygen atoms in total. The summed E-state index contributed by atoms with van der Waals surface area (Å²) in [5.74, 6) is 1.69. The number of carbonyl (C=O) groups is 1. The summed E-state index contributed by atoms with van der Waals surface area (Å²) in [5.41, 5.74) is -0.860. The van der Waals surface area contributed by atoms with Crippen molar-refractivity contribution >= 4 is 5.91 Å². The zero-order valence-electron chi connectivity index (χ0n) is 11.8. The lowest BCUT2D eigenvalue weighted by Gasteiger charge is -2.61. The maximum Gasteiger partial charge on any atom is 0.264 e. The normalized spacial score (nSPS) is 49.5. The number of amides is 1. The zero-order chi connectivity index (χ0) is 14.1. The van der Waals surface area contributed by atoms with Crippen molar-refractivity contribution < 1.29 is 9.90 Å². The van der Waals surface area contributed by atoms with Gasteiger partial charge in [0.2, 0.25) is 0 Å². The average Bonchev–Trinajstić information content (AvgIpc) is 2.59. The van der Waals surface area contributed by atoms with Gasteiger partial charge in [0.05, 0.1) is 0 Å². The molecule has 4 aliphatic carbocycles. The van der Waals surface area contributed by atoms with E-state index in [0.717, 1.165) is 19.3 Å². The van der Waals surface area contributed by atoms with Gasteiger partial charge >= 0.3 is 0 Å². The molecule has 1 atom stereocenters. The fourth-order valence-corrected chi connectivity index (χ4v) is 5.89. The van der Waals surface area contributed by atoms with Crippen molar-refractivity contribution in [3.05, 3.63) is 11.1 Å². The highest BCUT2D eigenvalue weighted by Gasteiger charge is 2.63. The molecule has 4 bridgehead atoms. The van der Waals surface area contributed by atoms with Gasteiger partial charge in [0.25, 0.3) is 5.91 Å². The Hall–Kier alpha value is -1.34. The van der Waals surface area contributed by atoms with E-state index in [2.05, 4.69) is 5.32 Å². The van der Waals surface area contributed by atoms with E-state index in [9.17, 15) is 9.90 Å². The molecule has 0 aromatic rings. The molecule has 0 aromatic heterocycles. The summed E-state index contributed by atoms with van der Waals surface area (Å²) in [6.45, 7) is 1.75. The van der Waals surface area contributed by atoms with E-state index >= 15 is 0 Å². The van der Waals surface area contributed by atoms with E-state index in [-0.39, 0.29) is 11.0 Å². The predicted molar refractivity (Wildman–Crippen MR) is 72.0 cm³/mol. The van der Waals surface area contributed by atoms with Crippen LogP contribution in [0.1, 0.15) is 45.4 Å². The zero-order valence-corrected chi connectivity index (χ0v) is 11.8. The van der Waals surface area contributed by atoms with Gasteiger partial charge in [-0.3, -0.25) is 4.79 Å². The SMILES string of the molecule is CC1=C(C#N)C(=O)NC1(O)C12CC3CC(CC(C3)C1)C2. The topological polar surface area (TPSA) is 73.1 Å². The largest absolute Gasteiger partial charge is 0.367 e. The number of hydrogen-bond donors (Lipinski definition) is 2. The Balaban J connectivity index is 1.80. The first-order valence-electron chi connectivity index (χ1n) is 7.64. The number of aliphatic hydroxyl groups is 1. The van der Waals surface area contributed by atoms with Crippen LogP contribution in [-0.4, -0.2) is 16.7 Å². The molecule has 1 unspecified atom stereocenters. The van der Waals surface area contributed by atoms with Crippen LogP contribution in [0.2, 0.25) is 0 Å². The number of nitriles is 1. The highest BCUT2D eigenvalue weighted by molar-refractivity contribution is 6.01. The Labute approximate surface area is 118 Å². The van der Waals surface area contributed by atoms with Crippen molar-refractivity contribution in [3.8, 4) is 6.07 Å². The summed E-state index contributed by atoms with van der Waals surface area (Å²) in [7, 11) is 0. The molecule has 4 heteroatoms. The first-order valence-corrected chi connectivity index (χ1v) is 7.64. The molecule has 0 aromatic carbocycles. The van der Waals surface area contributed by atoms with Crippen LogP contribution in [0.25, 0.3) is 0 Å². The third-order valence-corrected chi connectivity index (χ3v) is 6.36. The smallest absolute Gasteiger partial charge is 0.264 e. The Bertz CT molecular complexity index is 536. The fraction of sp³-hybridized carbons (Fsp3) is 0.750.